The van der Waals surface area contributed by atoms with E-state index in [9.17, 15) is 9.59 Å². The van der Waals surface area contributed by atoms with Gasteiger partial charge in [-0.1, -0.05) is 0 Å². The number of amides is 2. The van der Waals surface area contributed by atoms with Crippen molar-refractivity contribution in [1.82, 2.24) is 19.9 Å². The van der Waals surface area contributed by atoms with Gasteiger partial charge in [0.25, 0.3) is 0 Å². The van der Waals surface area contributed by atoms with Crippen LogP contribution in [0.5, 0.6) is 0 Å². The van der Waals surface area contributed by atoms with Crippen molar-refractivity contribution in [2.75, 3.05) is 18.0 Å². The highest BCUT2D eigenvalue weighted by Gasteiger charge is 2.48. The second kappa shape index (κ2) is 3.53. The van der Waals surface area contributed by atoms with Crippen LogP contribution in [-0.2, 0) is 9.59 Å². The summed E-state index contributed by atoms with van der Waals surface area (Å²) in [6.45, 7) is 1.06. The molecule has 19 heavy (non-hydrogen) atoms. The Kier molecular flexibility index (Phi) is 1.95. The number of hydrogen-bond donors (Lipinski definition) is 1. The van der Waals surface area contributed by atoms with Crippen molar-refractivity contribution in [1.29, 1.82) is 0 Å². The number of carbonyl (C=O) groups is 2. The fraction of sp³-hybridized carbons (Fsp3) is 0.333. The zero-order chi connectivity index (χ0) is 13.0. The average molecular weight is 257 g/mol. The molecule has 2 unspecified atom stereocenters. The van der Waals surface area contributed by atoms with Crippen LogP contribution in [0, 0.1) is 11.8 Å². The van der Waals surface area contributed by atoms with Gasteiger partial charge in [-0.15, -0.1) is 0 Å². The molecule has 2 aliphatic heterocycles. The molecule has 2 amide bonds. The Morgan fingerprint density at radius 1 is 1.16 bits per heavy atom. The maximum atomic E-state index is 11.7. The molecule has 2 fully saturated rings. The average Bonchev–Trinajstić information content (AvgIpc) is 3.08. The summed E-state index contributed by atoms with van der Waals surface area (Å²) in [5.41, 5.74) is 0.885. The molecule has 2 saturated heterocycles. The minimum atomic E-state index is -0.252. The maximum Gasteiger partial charge on any atom is 0.232 e. The number of anilines is 1. The summed E-state index contributed by atoms with van der Waals surface area (Å²) in [7, 11) is 0. The van der Waals surface area contributed by atoms with Gasteiger partial charge in [0.1, 0.15) is 5.52 Å². The number of nitrogens with zero attached hydrogens (tertiary/aromatic N) is 4. The van der Waals surface area contributed by atoms with Crippen LogP contribution in [0.2, 0.25) is 0 Å². The summed E-state index contributed by atoms with van der Waals surface area (Å²) in [6, 6.07) is 1.87. The van der Waals surface area contributed by atoms with Gasteiger partial charge < -0.3 is 4.90 Å². The maximum absolute atomic E-state index is 11.7. The van der Waals surface area contributed by atoms with E-state index in [4.69, 9.17) is 0 Å². The number of imide groups is 1. The lowest BCUT2D eigenvalue weighted by molar-refractivity contribution is -0.126. The number of fused-ring (bicyclic) bond motifs is 2. The third-order valence-electron chi connectivity index (χ3n) is 3.84. The fourth-order valence-corrected chi connectivity index (χ4v) is 2.90. The molecule has 2 aromatic heterocycles. The second-order valence-corrected chi connectivity index (χ2v) is 4.88. The van der Waals surface area contributed by atoms with E-state index in [0.29, 0.717) is 13.1 Å². The third-order valence-corrected chi connectivity index (χ3v) is 3.84. The zero-order valence-electron chi connectivity index (χ0n) is 9.98. The standard InChI is InChI=1S/C12H11N5O2/c18-11-7-5-16(6-8(7)12(19)15-11)10-9-1-2-14-17(9)4-3-13-10/h1-4,7-8H,5-6H2,(H,15,18,19). The monoisotopic (exact) mass is 257 g/mol. The van der Waals surface area contributed by atoms with Crippen LogP contribution in [0.15, 0.2) is 24.7 Å². The van der Waals surface area contributed by atoms with Crippen molar-refractivity contribution in [2.24, 2.45) is 11.8 Å². The molecule has 0 saturated carbocycles. The molecule has 0 aliphatic carbocycles. The van der Waals surface area contributed by atoms with Gasteiger partial charge in [0, 0.05) is 25.5 Å². The SMILES string of the molecule is O=C1NC(=O)C2CN(c3nccn4nccc34)CC12. The van der Waals surface area contributed by atoms with Gasteiger partial charge in [0.15, 0.2) is 5.82 Å². The van der Waals surface area contributed by atoms with E-state index >= 15 is 0 Å². The number of aromatic nitrogens is 3. The van der Waals surface area contributed by atoms with E-state index in [2.05, 4.69) is 15.4 Å². The van der Waals surface area contributed by atoms with Crippen molar-refractivity contribution in [2.45, 2.75) is 0 Å². The van der Waals surface area contributed by atoms with Crippen LogP contribution >= 0.6 is 0 Å². The minimum Gasteiger partial charge on any atom is -0.353 e. The first-order chi connectivity index (χ1) is 9.24. The van der Waals surface area contributed by atoms with Crippen molar-refractivity contribution >= 4 is 23.1 Å². The number of hydrogen-bond acceptors (Lipinski definition) is 5. The van der Waals surface area contributed by atoms with Crippen molar-refractivity contribution in [3.8, 4) is 0 Å². The Morgan fingerprint density at radius 2 is 1.89 bits per heavy atom. The van der Waals surface area contributed by atoms with E-state index in [1.807, 2.05) is 11.0 Å². The van der Waals surface area contributed by atoms with Crippen LogP contribution in [0.25, 0.3) is 5.52 Å². The Balaban J connectivity index is 1.74. The normalized spacial score (nSPS) is 26.0. The molecule has 7 nitrogen and oxygen atoms in total. The predicted octanol–water partition coefficient (Wildman–Crippen LogP) is -0.562. The van der Waals surface area contributed by atoms with Gasteiger partial charge in [-0.25, -0.2) is 9.50 Å². The van der Waals surface area contributed by atoms with Crippen molar-refractivity contribution < 1.29 is 9.59 Å². The molecule has 2 aromatic rings. The molecule has 0 radical (unpaired) electrons. The van der Waals surface area contributed by atoms with Crippen LogP contribution < -0.4 is 10.2 Å². The minimum absolute atomic E-state index is 0.169. The van der Waals surface area contributed by atoms with Crippen LogP contribution in [0.1, 0.15) is 0 Å². The van der Waals surface area contributed by atoms with E-state index < -0.39 is 0 Å². The molecular formula is C12H11N5O2. The van der Waals surface area contributed by atoms with Gasteiger partial charge >= 0.3 is 0 Å². The first-order valence-electron chi connectivity index (χ1n) is 6.12. The zero-order valence-corrected chi connectivity index (χ0v) is 9.98. The Morgan fingerprint density at radius 3 is 2.63 bits per heavy atom. The number of carbonyl (C=O) groups excluding carboxylic acids is 2. The van der Waals surface area contributed by atoms with Crippen LogP contribution in [0.4, 0.5) is 5.82 Å². The molecule has 0 bridgehead atoms. The Labute approximate surface area is 108 Å². The Bertz CT molecular complexity index is 672. The molecule has 96 valence electrons. The lowest BCUT2D eigenvalue weighted by Crippen LogP contribution is -2.31. The molecule has 1 N–H and O–H groups in total. The molecule has 0 spiro atoms. The molecule has 2 atom stereocenters. The molecule has 0 aromatic carbocycles. The van der Waals surface area contributed by atoms with Gasteiger partial charge in [0.2, 0.25) is 11.8 Å². The fourth-order valence-electron chi connectivity index (χ4n) is 2.90. The van der Waals surface area contributed by atoms with E-state index in [1.165, 1.54) is 0 Å². The van der Waals surface area contributed by atoms with E-state index in [1.54, 1.807) is 23.1 Å². The summed E-state index contributed by atoms with van der Waals surface area (Å²) < 4.78 is 1.73. The summed E-state index contributed by atoms with van der Waals surface area (Å²) in [6.07, 6.45) is 5.15. The van der Waals surface area contributed by atoms with Crippen molar-refractivity contribution in [3.05, 3.63) is 24.7 Å². The predicted molar refractivity (Wildman–Crippen MR) is 65.3 cm³/mol. The second-order valence-electron chi connectivity index (χ2n) is 4.88. The van der Waals surface area contributed by atoms with Gasteiger partial charge in [-0.3, -0.25) is 14.9 Å². The lowest BCUT2D eigenvalue weighted by Gasteiger charge is -2.18. The van der Waals surface area contributed by atoms with Crippen molar-refractivity contribution in [3.63, 3.8) is 0 Å². The summed E-state index contributed by atoms with van der Waals surface area (Å²) in [5.74, 6) is -0.0686. The smallest absolute Gasteiger partial charge is 0.232 e. The van der Waals surface area contributed by atoms with Gasteiger partial charge in [-0.2, -0.15) is 5.10 Å². The number of nitrogens with one attached hydrogen (secondary N) is 1. The molecule has 4 heterocycles. The number of rotatable bonds is 1. The van der Waals surface area contributed by atoms with Gasteiger partial charge in [-0.05, 0) is 6.07 Å². The Hall–Kier alpha value is -2.44. The lowest BCUT2D eigenvalue weighted by atomic mass is 10.00. The largest absolute Gasteiger partial charge is 0.353 e. The molecule has 2 aliphatic rings. The highest BCUT2D eigenvalue weighted by atomic mass is 16.2. The van der Waals surface area contributed by atoms with Crippen LogP contribution in [0.3, 0.4) is 0 Å². The topological polar surface area (TPSA) is 79.6 Å². The quantitative estimate of drug-likeness (QED) is 0.693. The summed E-state index contributed by atoms with van der Waals surface area (Å²) >= 11 is 0. The third kappa shape index (κ3) is 1.38. The first kappa shape index (κ1) is 10.5. The molecular weight excluding hydrogens is 246 g/mol. The van der Waals surface area contributed by atoms with E-state index in [0.717, 1.165) is 11.3 Å². The van der Waals surface area contributed by atoms with E-state index in [-0.39, 0.29) is 23.7 Å². The highest BCUT2D eigenvalue weighted by molar-refractivity contribution is 6.06. The molecule has 4 rings (SSSR count). The van der Waals surface area contributed by atoms with Crippen LogP contribution in [-0.4, -0.2) is 39.5 Å². The molecule has 7 heteroatoms. The summed E-state index contributed by atoms with van der Waals surface area (Å²) in [5, 5.41) is 6.54. The first-order valence-corrected chi connectivity index (χ1v) is 6.12. The summed E-state index contributed by atoms with van der Waals surface area (Å²) in [4.78, 5) is 29.7. The highest BCUT2D eigenvalue weighted by Crippen LogP contribution is 2.32. The van der Waals surface area contributed by atoms with Gasteiger partial charge in [0.05, 0.1) is 18.0 Å².